The van der Waals surface area contributed by atoms with Crippen LogP contribution in [0.25, 0.3) is 0 Å². The van der Waals surface area contributed by atoms with Gasteiger partial charge in [-0.15, -0.1) is 0 Å². The molecule has 0 bridgehead atoms. The van der Waals surface area contributed by atoms with Gasteiger partial charge in [-0.3, -0.25) is 9.59 Å². The molecule has 1 saturated heterocycles. The maximum Gasteiger partial charge on any atom is 0.228 e. The Morgan fingerprint density at radius 3 is 2.61 bits per heavy atom. The van der Waals surface area contributed by atoms with Gasteiger partial charge in [-0.05, 0) is 12.8 Å². The summed E-state index contributed by atoms with van der Waals surface area (Å²) in [6.45, 7) is 0.920. The lowest BCUT2D eigenvalue weighted by atomic mass is 10.1. The van der Waals surface area contributed by atoms with Gasteiger partial charge < -0.3 is 14.9 Å². The molecule has 1 N–H and O–H groups in total. The van der Waals surface area contributed by atoms with Gasteiger partial charge in [-0.2, -0.15) is 0 Å². The molecule has 5 nitrogen and oxygen atoms in total. The molecule has 1 aliphatic carbocycles. The fourth-order valence-corrected chi connectivity index (χ4v) is 3.06. The zero-order valence-corrected chi connectivity index (χ0v) is 11.0. The van der Waals surface area contributed by atoms with Crippen LogP contribution in [-0.4, -0.2) is 59.5 Å². The second-order valence-electron chi connectivity index (χ2n) is 5.37. The quantitative estimate of drug-likeness (QED) is 0.781. The van der Waals surface area contributed by atoms with Crippen molar-refractivity contribution in [1.82, 2.24) is 9.80 Å². The summed E-state index contributed by atoms with van der Waals surface area (Å²) in [5, 5.41) is 9.12. The average Bonchev–Trinajstić information content (AvgIpc) is 2.97. The highest BCUT2D eigenvalue weighted by molar-refractivity contribution is 5.89. The molecule has 1 saturated carbocycles. The topological polar surface area (TPSA) is 60.9 Å². The minimum atomic E-state index is -0.213. The van der Waals surface area contributed by atoms with Crippen LogP contribution in [0.5, 0.6) is 0 Å². The van der Waals surface area contributed by atoms with E-state index in [1.807, 2.05) is 4.90 Å². The third kappa shape index (κ3) is 2.66. The molecular weight excluding hydrogens is 232 g/mol. The number of likely N-dealkylation sites (tertiary alicyclic amines) is 1. The van der Waals surface area contributed by atoms with E-state index in [0.717, 1.165) is 25.7 Å². The third-order valence-corrected chi connectivity index (χ3v) is 4.08. The van der Waals surface area contributed by atoms with Crippen LogP contribution in [-0.2, 0) is 9.59 Å². The minimum Gasteiger partial charge on any atom is -0.395 e. The maximum absolute atomic E-state index is 12.4. The second kappa shape index (κ2) is 5.69. The van der Waals surface area contributed by atoms with Gasteiger partial charge in [-0.25, -0.2) is 0 Å². The van der Waals surface area contributed by atoms with Crippen molar-refractivity contribution in [2.45, 2.75) is 38.1 Å². The Kier molecular flexibility index (Phi) is 4.22. The number of carbonyl (C=O) groups excluding carboxylic acids is 2. The van der Waals surface area contributed by atoms with E-state index in [-0.39, 0.29) is 30.4 Å². The number of rotatable bonds is 4. The SMILES string of the molecule is CN1CC(C(=O)N(CCO)C2CCCC2)CC1=O. The van der Waals surface area contributed by atoms with Crippen molar-refractivity contribution in [3.05, 3.63) is 0 Å². The molecule has 5 heteroatoms. The van der Waals surface area contributed by atoms with Crippen molar-refractivity contribution in [3.63, 3.8) is 0 Å². The summed E-state index contributed by atoms with van der Waals surface area (Å²) >= 11 is 0. The first kappa shape index (κ1) is 13.3. The first-order valence-corrected chi connectivity index (χ1v) is 6.78. The molecule has 0 aromatic rings. The molecule has 2 rings (SSSR count). The number of carbonyl (C=O) groups is 2. The van der Waals surface area contributed by atoms with E-state index in [2.05, 4.69) is 0 Å². The predicted molar refractivity (Wildman–Crippen MR) is 66.8 cm³/mol. The highest BCUT2D eigenvalue weighted by atomic mass is 16.3. The Morgan fingerprint density at radius 2 is 2.11 bits per heavy atom. The number of nitrogens with zero attached hydrogens (tertiary/aromatic N) is 2. The van der Waals surface area contributed by atoms with Crippen LogP contribution in [0.2, 0.25) is 0 Å². The van der Waals surface area contributed by atoms with Gasteiger partial charge in [0.15, 0.2) is 0 Å². The summed E-state index contributed by atoms with van der Waals surface area (Å²) in [4.78, 5) is 27.4. The Hall–Kier alpha value is -1.10. The fraction of sp³-hybridized carbons (Fsp3) is 0.846. The van der Waals surface area contributed by atoms with Crippen molar-refractivity contribution in [1.29, 1.82) is 0 Å². The van der Waals surface area contributed by atoms with Gasteiger partial charge in [0.2, 0.25) is 11.8 Å². The lowest BCUT2D eigenvalue weighted by Gasteiger charge is -2.30. The molecule has 0 spiro atoms. The zero-order chi connectivity index (χ0) is 13.1. The smallest absolute Gasteiger partial charge is 0.228 e. The molecular formula is C13H22N2O3. The second-order valence-corrected chi connectivity index (χ2v) is 5.37. The number of hydrogen-bond acceptors (Lipinski definition) is 3. The summed E-state index contributed by atoms with van der Waals surface area (Å²) in [6.07, 6.45) is 4.70. The fourth-order valence-electron chi connectivity index (χ4n) is 3.06. The van der Waals surface area contributed by atoms with Crippen molar-refractivity contribution >= 4 is 11.8 Å². The zero-order valence-electron chi connectivity index (χ0n) is 11.0. The van der Waals surface area contributed by atoms with Crippen LogP contribution in [0, 0.1) is 5.92 Å². The van der Waals surface area contributed by atoms with Gasteiger partial charge >= 0.3 is 0 Å². The summed E-state index contributed by atoms with van der Waals surface area (Å²) in [5.74, 6) is -0.118. The molecule has 1 atom stereocenters. The van der Waals surface area contributed by atoms with Crippen LogP contribution in [0.1, 0.15) is 32.1 Å². The van der Waals surface area contributed by atoms with E-state index in [4.69, 9.17) is 5.11 Å². The predicted octanol–water partition coefficient (Wildman–Crippen LogP) is 0.228. The standard InChI is InChI=1S/C13H22N2O3/c1-14-9-10(8-12(14)17)13(18)15(6-7-16)11-4-2-3-5-11/h10-11,16H,2-9H2,1H3. The van der Waals surface area contributed by atoms with Crippen molar-refractivity contribution in [3.8, 4) is 0 Å². The molecule has 1 unspecified atom stereocenters. The van der Waals surface area contributed by atoms with E-state index in [1.54, 1.807) is 11.9 Å². The Morgan fingerprint density at radius 1 is 1.44 bits per heavy atom. The number of aliphatic hydroxyl groups is 1. The van der Waals surface area contributed by atoms with E-state index < -0.39 is 0 Å². The van der Waals surface area contributed by atoms with E-state index >= 15 is 0 Å². The highest BCUT2D eigenvalue weighted by Crippen LogP contribution is 2.27. The highest BCUT2D eigenvalue weighted by Gasteiger charge is 2.37. The number of aliphatic hydroxyl groups excluding tert-OH is 1. The first-order chi connectivity index (χ1) is 8.63. The lowest BCUT2D eigenvalue weighted by Crippen LogP contribution is -2.44. The van der Waals surface area contributed by atoms with Gasteiger partial charge in [0, 0.05) is 32.6 Å². The molecule has 102 valence electrons. The van der Waals surface area contributed by atoms with Crippen LogP contribution in [0.3, 0.4) is 0 Å². The Labute approximate surface area is 108 Å². The monoisotopic (exact) mass is 254 g/mol. The maximum atomic E-state index is 12.4. The summed E-state index contributed by atoms with van der Waals surface area (Å²) in [6, 6.07) is 0.269. The summed E-state index contributed by atoms with van der Waals surface area (Å²) < 4.78 is 0. The van der Waals surface area contributed by atoms with Gasteiger partial charge in [0.25, 0.3) is 0 Å². The van der Waals surface area contributed by atoms with Crippen LogP contribution < -0.4 is 0 Å². The van der Waals surface area contributed by atoms with E-state index in [1.165, 1.54) is 0 Å². The van der Waals surface area contributed by atoms with Crippen LogP contribution in [0.15, 0.2) is 0 Å². The van der Waals surface area contributed by atoms with Crippen LogP contribution >= 0.6 is 0 Å². The molecule has 0 radical (unpaired) electrons. The molecule has 1 heterocycles. The average molecular weight is 254 g/mol. The molecule has 1 aliphatic heterocycles. The minimum absolute atomic E-state index is 0.00124. The van der Waals surface area contributed by atoms with Crippen molar-refractivity contribution < 1.29 is 14.7 Å². The molecule has 18 heavy (non-hydrogen) atoms. The van der Waals surface area contributed by atoms with Gasteiger partial charge in [-0.1, -0.05) is 12.8 Å². The van der Waals surface area contributed by atoms with Gasteiger partial charge in [0.1, 0.15) is 0 Å². The molecule has 0 aromatic carbocycles. The molecule has 2 fully saturated rings. The Bertz CT molecular complexity index is 326. The number of hydrogen-bond donors (Lipinski definition) is 1. The summed E-state index contributed by atoms with van der Waals surface area (Å²) in [7, 11) is 1.74. The van der Waals surface area contributed by atoms with Crippen molar-refractivity contribution in [2.24, 2.45) is 5.92 Å². The normalized spacial score (nSPS) is 24.9. The van der Waals surface area contributed by atoms with E-state index in [9.17, 15) is 9.59 Å². The number of amides is 2. The van der Waals surface area contributed by atoms with Gasteiger partial charge in [0.05, 0.1) is 12.5 Å². The molecule has 0 aromatic heterocycles. The lowest BCUT2D eigenvalue weighted by molar-refractivity contribution is -0.138. The summed E-state index contributed by atoms with van der Waals surface area (Å²) in [5.41, 5.74) is 0. The molecule has 2 aliphatic rings. The Balaban J connectivity index is 2.01. The third-order valence-electron chi connectivity index (χ3n) is 4.08. The van der Waals surface area contributed by atoms with Crippen molar-refractivity contribution in [2.75, 3.05) is 26.7 Å². The molecule has 2 amide bonds. The van der Waals surface area contributed by atoms with E-state index in [0.29, 0.717) is 19.5 Å². The first-order valence-electron chi connectivity index (χ1n) is 6.78. The van der Waals surface area contributed by atoms with Crippen LogP contribution in [0.4, 0.5) is 0 Å². The largest absolute Gasteiger partial charge is 0.395 e.